The highest BCUT2D eigenvalue weighted by Crippen LogP contribution is 2.17. The zero-order valence-corrected chi connectivity index (χ0v) is 15.7. The molecule has 0 aliphatic heterocycles. The van der Waals surface area contributed by atoms with Gasteiger partial charge in [-0.1, -0.05) is 39.0 Å². The van der Waals surface area contributed by atoms with Gasteiger partial charge in [0.2, 0.25) is 5.91 Å². The third kappa shape index (κ3) is 6.58. The number of esters is 1. The second kappa shape index (κ2) is 8.98. The smallest absolute Gasteiger partial charge is 0.312 e. The van der Waals surface area contributed by atoms with Crippen molar-refractivity contribution in [1.29, 1.82) is 0 Å². The van der Waals surface area contributed by atoms with Gasteiger partial charge in [0.1, 0.15) is 5.75 Å². The van der Waals surface area contributed by atoms with Crippen molar-refractivity contribution in [1.82, 2.24) is 5.32 Å². The molecule has 0 saturated carbocycles. The summed E-state index contributed by atoms with van der Waals surface area (Å²) in [4.78, 5) is 35.7. The molecule has 0 atom stereocenters. The Hall–Kier alpha value is -3.15. The Morgan fingerprint density at radius 2 is 1.56 bits per heavy atom. The average molecular weight is 368 g/mol. The molecule has 0 saturated heterocycles. The number of carbonyl (C=O) groups is 3. The maximum Gasteiger partial charge on any atom is 0.312 e. The van der Waals surface area contributed by atoms with E-state index in [1.165, 1.54) is 0 Å². The van der Waals surface area contributed by atoms with Crippen molar-refractivity contribution in [2.75, 3.05) is 11.9 Å². The number of hydrogen-bond acceptors (Lipinski definition) is 4. The molecule has 142 valence electrons. The van der Waals surface area contributed by atoms with Gasteiger partial charge in [0.05, 0.1) is 6.42 Å². The minimum Gasteiger partial charge on any atom is -0.426 e. The lowest BCUT2D eigenvalue weighted by molar-refractivity contribution is -0.134. The van der Waals surface area contributed by atoms with E-state index in [1.54, 1.807) is 69.3 Å². The van der Waals surface area contributed by atoms with Crippen LogP contribution in [0.15, 0.2) is 54.6 Å². The number of ether oxygens (including phenoxy) is 1. The van der Waals surface area contributed by atoms with Gasteiger partial charge in [0, 0.05) is 23.2 Å². The number of rotatable bonds is 6. The number of nitrogens with one attached hydrogen (secondary N) is 2. The molecule has 27 heavy (non-hydrogen) atoms. The van der Waals surface area contributed by atoms with Gasteiger partial charge < -0.3 is 15.4 Å². The molecule has 6 nitrogen and oxygen atoms in total. The highest BCUT2D eigenvalue weighted by molar-refractivity contribution is 6.04. The van der Waals surface area contributed by atoms with Gasteiger partial charge in [-0.05, 0) is 36.4 Å². The van der Waals surface area contributed by atoms with Crippen molar-refractivity contribution in [2.24, 2.45) is 5.41 Å². The van der Waals surface area contributed by atoms with Gasteiger partial charge in [0.15, 0.2) is 0 Å². The SMILES string of the molecule is CC(C)(C)C(=O)NCCC(=O)Oc1ccc(NC(=O)c2ccccc2)cc1. The summed E-state index contributed by atoms with van der Waals surface area (Å²) < 4.78 is 5.22. The molecule has 0 radical (unpaired) electrons. The molecule has 2 aromatic rings. The zero-order chi connectivity index (χ0) is 19.9. The van der Waals surface area contributed by atoms with Crippen molar-refractivity contribution in [2.45, 2.75) is 27.2 Å². The molecule has 2 amide bonds. The van der Waals surface area contributed by atoms with Crippen LogP contribution in [0.2, 0.25) is 0 Å². The van der Waals surface area contributed by atoms with Gasteiger partial charge in [-0.3, -0.25) is 14.4 Å². The van der Waals surface area contributed by atoms with Crippen LogP contribution in [-0.2, 0) is 9.59 Å². The first-order valence-corrected chi connectivity index (χ1v) is 8.71. The highest BCUT2D eigenvalue weighted by Gasteiger charge is 2.20. The molecule has 0 fully saturated rings. The summed E-state index contributed by atoms with van der Waals surface area (Å²) in [5.74, 6) is -0.395. The minimum atomic E-state index is -0.496. The predicted octanol–water partition coefficient (Wildman–Crippen LogP) is 3.40. The van der Waals surface area contributed by atoms with Crippen LogP contribution in [0.1, 0.15) is 37.6 Å². The summed E-state index contributed by atoms with van der Waals surface area (Å²) in [5.41, 5.74) is 0.663. The fraction of sp³-hybridized carbons (Fsp3) is 0.286. The van der Waals surface area contributed by atoms with Gasteiger partial charge in [0.25, 0.3) is 5.91 Å². The average Bonchev–Trinajstić information content (AvgIpc) is 2.63. The monoisotopic (exact) mass is 368 g/mol. The molecular formula is C21H24N2O4. The van der Waals surface area contributed by atoms with Crippen LogP contribution in [0, 0.1) is 5.41 Å². The van der Waals surface area contributed by atoms with E-state index in [9.17, 15) is 14.4 Å². The van der Waals surface area contributed by atoms with Crippen molar-refractivity contribution in [3.8, 4) is 5.75 Å². The summed E-state index contributed by atoms with van der Waals surface area (Å²) in [5, 5.41) is 5.47. The Morgan fingerprint density at radius 3 is 2.15 bits per heavy atom. The lowest BCUT2D eigenvalue weighted by Crippen LogP contribution is -2.36. The van der Waals surface area contributed by atoms with E-state index in [0.29, 0.717) is 17.0 Å². The van der Waals surface area contributed by atoms with Crippen molar-refractivity contribution >= 4 is 23.5 Å². The van der Waals surface area contributed by atoms with Crippen LogP contribution in [0.5, 0.6) is 5.75 Å². The Kier molecular flexibility index (Phi) is 6.71. The maximum atomic E-state index is 12.1. The van der Waals surface area contributed by atoms with Gasteiger partial charge >= 0.3 is 5.97 Å². The van der Waals surface area contributed by atoms with Crippen LogP contribution in [0.3, 0.4) is 0 Å². The molecule has 0 aliphatic carbocycles. The fourth-order valence-corrected chi connectivity index (χ4v) is 2.12. The van der Waals surface area contributed by atoms with Gasteiger partial charge in [-0.2, -0.15) is 0 Å². The first kappa shape index (κ1) is 20.2. The van der Waals surface area contributed by atoms with Crippen LogP contribution in [0.4, 0.5) is 5.69 Å². The first-order valence-electron chi connectivity index (χ1n) is 8.71. The molecule has 2 aromatic carbocycles. The Labute approximate surface area is 158 Å². The maximum absolute atomic E-state index is 12.1. The molecule has 0 aromatic heterocycles. The van der Waals surface area contributed by atoms with E-state index in [1.807, 2.05) is 6.07 Å². The van der Waals surface area contributed by atoms with Gasteiger partial charge in [-0.15, -0.1) is 0 Å². The molecule has 0 heterocycles. The number of carbonyl (C=O) groups excluding carboxylic acids is 3. The van der Waals surface area contributed by atoms with E-state index < -0.39 is 11.4 Å². The third-order valence-corrected chi connectivity index (χ3v) is 3.68. The largest absolute Gasteiger partial charge is 0.426 e. The van der Waals surface area contributed by atoms with E-state index in [2.05, 4.69) is 10.6 Å². The van der Waals surface area contributed by atoms with Crippen LogP contribution >= 0.6 is 0 Å². The standard InChI is InChI=1S/C21H24N2O4/c1-21(2,3)20(26)22-14-13-18(24)27-17-11-9-16(10-12-17)23-19(25)15-7-5-4-6-8-15/h4-12H,13-14H2,1-3H3,(H,22,26)(H,23,25). The molecule has 0 spiro atoms. The topological polar surface area (TPSA) is 84.5 Å². The van der Waals surface area contributed by atoms with E-state index in [4.69, 9.17) is 4.74 Å². The molecule has 2 rings (SSSR count). The number of amides is 2. The van der Waals surface area contributed by atoms with Crippen LogP contribution in [0.25, 0.3) is 0 Å². The predicted molar refractivity (Wildman–Crippen MR) is 104 cm³/mol. The summed E-state index contributed by atoms with van der Waals surface area (Å²) in [6, 6.07) is 15.4. The second-order valence-corrected chi connectivity index (χ2v) is 7.07. The van der Waals surface area contributed by atoms with Crippen LogP contribution in [-0.4, -0.2) is 24.3 Å². The summed E-state index contributed by atoms with van der Waals surface area (Å²) in [7, 11) is 0. The molecule has 0 aliphatic rings. The fourth-order valence-electron chi connectivity index (χ4n) is 2.12. The quantitative estimate of drug-likeness (QED) is 0.605. The molecule has 0 unspecified atom stereocenters. The third-order valence-electron chi connectivity index (χ3n) is 3.68. The number of anilines is 1. The Balaban J connectivity index is 1.80. The van der Waals surface area contributed by atoms with Crippen molar-refractivity contribution in [3.63, 3.8) is 0 Å². The summed E-state index contributed by atoms with van der Waals surface area (Å²) >= 11 is 0. The second-order valence-electron chi connectivity index (χ2n) is 7.07. The molecule has 2 N–H and O–H groups in total. The first-order chi connectivity index (χ1) is 12.8. The molecule has 0 bridgehead atoms. The summed E-state index contributed by atoms with van der Waals surface area (Å²) in [6.07, 6.45) is 0.0777. The van der Waals surface area contributed by atoms with Gasteiger partial charge in [-0.25, -0.2) is 0 Å². The Bertz CT molecular complexity index is 793. The molecule has 6 heteroatoms. The lowest BCUT2D eigenvalue weighted by atomic mass is 9.96. The van der Waals surface area contributed by atoms with Crippen molar-refractivity contribution < 1.29 is 19.1 Å². The summed E-state index contributed by atoms with van der Waals surface area (Å²) in [6.45, 7) is 5.64. The van der Waals surface area contributed by atoms with E-state index in [-0.39, 0.29) is 24.8 Å². The Morgan fingerprint density at radius 1 is 0.926 bits per heavy atom. The number of hydrogen-bond donors (Lipinski definition) is 2. The van der Waals surface area contributed by atoms with E-state index >= 15 is 0 Å². The number of benzene rings is 2. The van der Waals surface area contributed by atoms with Crippen LogP contribution < -0.4 is 15.4 Å². The van der Waals surface area contributed by atoms with Crippen molar-refractivity contribution in [3.05, 3.63) is 60.2 Å². The zero-order valence-electron chi connectivity index (χ0n) is 15.7. The minimum absolute atomic E-state index is 0.0777. The van der Waals surface area contributed by atoms with E-state index in [0.717, 1.165) is 0 Å². The lowest BCUT2D eigenvalue weighted by Gasteiger charge is -2.17. The highest BCUT2D eigenvalue weighted by atomic mass is 16.5. The molecular weight excluding hydrogens is 344 g/mol. The normalized spacial score (nSPS) is 10.8.